The molecule has 20 heavy (non-hydrogen) atoms. The third-order valence-electron chi connectivity index (χ3n) is 3.98. The molecule has 1 aliphatic carbocycles. The number of carbonyl (C=O) groups excluding carboxylic acids is 1. The second kappa shape index (κ2) is 5.95. The molecular formula is C13H18BrN3O3. The van der Waals surface area contributed by atoms with Gasteiger partial charge in [0, 0.05) is 11.4 Å². The maximum atomic E-state index is 12.2. The van der Waals surface area contributed by atoms with E-state index in [4.69, 9.17) is 0 Å². The number of rotatable bonds is 4. The number of carbonyl (C=O) groups is 1. The zero-order valence-electron chi connectivity index (χ0n) is 11.3. The normalized spacial score (nSPS) is 26.2. The molecule has 0 aromatic carbocycles. The van der Waals surface area contributed by atoms with Crippen LogP contribution in [-0.4, -0.2) is 26.7 Å². The van der Waals surface area contributed by atoms with Gasteiger partial charge in [0.1, 0.15) is 0 Å². The lowest BCUT2D eigenvalue weighted by molar-refractivity contribution is -0.389. The Hall–Kier alpha value is -1.37. The number of amides is 1. The van der Waals surface area contributed by atoms with Crippen LogP contribution in [0.3, 0.4) is 0 Å². The minimum absolute atomic E-state index is 0.166. The van der Waals surface area contributed by atoms with E-state index < -0.39 is 4.92 Å². The van der Waals surface area contributed by atoms with Crippen molar-refractivity contribution in [2.24, 2.45) is 5.92 Å². The molecule has 1 heterocycles. The second-order valence-electron chi connectivity index (χ2n) is 5.56. The van der Waals surface area contributed by atoms with E-state index in [-0.39, 0.29) is 23.0 Å². The van der Waals surface area contributed by atoms with Gasteiger partial charge >= 0.3 is 5.82 Å². The first-order valence-electron chi connectivity index (χ1n) is 6.68. The molecule has 0 radical (unpaired) electrons. The van der Waals surface area contributed by atoms with E-state index in [2.05, 4.69) is 33.2 Å². The molecule has 2 N–H and O–H groups in total. The van der Waals surface area contributed by atoms with Crippen LogP contribution in [0.15, 0.2) is 12.1 Å². The lowest BCUT2D eigenvalue weighted by Gasteiger charge is -2.38. The van der Waals surface area contributed by atoms with Crippen molar-refractivity contribution >= 4 is 27.7 Å². The summed E-state index contributed by atoms with van der Waals surface area (Å²) in [5.74, 6) is 0.234. The number of H-pyrrole nitrogens is 1. The molecule has 0 aliphatic heterocycles. The Labute approximate surface area is 125 Å². The fourth-order valence-electron chi connectivity index (χ4n) is 2.54. The fourth-order valence-corrected chi connectivity index (χ4v) is 3.24. The Morgan fingerprint density at radius 2 is 2.20 bits per heavy atom. The molecule has 0 saturated heterocycles. The standard InChI is InChI=1S/C13H18BrN3O3/c1-9-4-6-13(8-14,7-5-9)16-12(18)10-2-3-11(15-10)17(19)20/h2-3,9,15H,4-8H2,1H3,(H,16,18). The van der Waals surface area contributed by atoms with Gasteiger partial charge in [0.05, 0.1) is 5.54 Å². The molecule has 0 unspecified atom stereocenters. The van der Waals surface area contributed by atoms with Gasteiger partial charge in [-0.15, -0.1) is 0 Å². The number of alkyl halides is 1. The number of nitro groups is 1. The summed E-state index contributed by atoms with van der Waals surface area (Å²) < 4.78 is 0. The van der Waals surface area contributed by atoms with Crippen molar-refractivity contribution in [1.82, 2.24) is 10.3 Å². The molecule has 1 aromatic rings. The van der Waals surface area contributed by atoms with Gasteiger partial charge in [-0.1, -0.05) is 22.9 Å². The van der Waals surface area contributed by atoms with Gasteiger partial charge in [-0.3, -0.25) is 4.79 Å². The summed E-state index contributed by atoms with van der Waals surface area (Å²) in [7, 11) is 0. The van der Waals surface area contributed by atoms with E-state index in [1.54, 1.807) is 0 Å². The highest BCUT2D eigenvalue weighted by Gasteiger charge is 2.35. The molecule has 0 bridgehead atoms. The summed E-state index contributed by atoms with van der Waals surface area (Å²) in [6, 6.07) is 2.75. The maximum absolute atomic E-state index is 12.2. The van der Waals surface area contributed by atoms with Crippen LogP contribution in [-0.2, 0) is 0 Å². The zero-order chi connectivity index (χ0) is 14.8. The molecular weight excluding hydrogens is 326 g/mol. The molecule has 0 atom stereocenters. The first kappa shape index (κ1) is 15.0. The average molecular weight is 344 g/mol. The Morgan fingerprint density at radius 1 is 1.55 bits per heavy atom. The average Bonchev–Trinajstić information content (AvgIpc) is 2.92. The van der Waals surface area contributed by atoms with Crippen LogP contribution >= 0.6 is 15.9 Å². The van der Waals surface area contributed by atoms with Crippen molar-refractivity contribution in [1.29, 1.82) is 0 Å². The predicted molar refractivity (Wildman–Crippen MR) is 79.1 cm³/mol. The molecule has 6 nitrogen and oxygen atoms in total. The van der Waals surface area contributed by atoms with E-state index in [0.717, 1.165) is 25.7 Å². The van der Waals surface area contributed by atoms with Gasteiger partial charge < -0.3 is 15.4 Å². The summed E-state index contributed by atoms with van der Waals surface area (Å²) in [5, 5.41) is 14.3. The van der Waals surface area contributed by atoms with Gasteiger partial charge in [0.15, 0.2) is 5.69 Å². The maximum Gasteiger partial charge on any atom is 0.321 e. The molecule has 1 saturated carbocycles. The zero-order valence-corrected chi connectivity index (χ0v) is 12.9. The van der Waals surface area contributed by atoms with Crippen molar-refractivity contribution in [2.75, 3.05) is 5.33 Å². The molecule has 1 amide bonds. The predicted octanol–water partition coefficient (Wildman–Crippen LogP) is 3.00. The monoisotopic (exact) mass is 343 g/mol. The number of nitrogens with zero attached hydrogens (tertiary/aromatic N) is 1. The van der Waals surface area contributed by atoms with Gasteiger partial charge in [0.25, 0.3) is 5.91 Å². The van der Waals surface area contributed by atoms with Crippen LogP contribution in [0, 0.1) is 16.0 Å². The number of halogens is 1. The highest BCUT2D eigenvalue weighted by Crippen LogP contribution is 2.33. The van der Waals surface area contributed by atoms with Gasteiger partial charge in [0.2, 0.25) is 0 Å². The smallest absolute Gasteiger partial charge is 0.321 e. The van der Waals surface area contributed by atoms with Crippen molar-refractivity contribution < 1.29 is 9.72 Å². The topological polar surface area (TPSA) is 88.0 Å². The van der Waals surface area contributed by atoms with E-state index in [9.17, 15) is 14.9 Å². The van der Waals surface area contributed by atoms with Crippen molar-refractivity contribution in [3.8, 4) is 0 Å². The lowest BCUT2D eigenvalue weighted by Crippen LogP contribution is -2.52. The summed E-state index contributed by atoms with van der Waals surface area (Å²) in [6.45, 7) is 2.22. The van der Waals surface area contributed by atoms with Crippen molar-refractivity contribution in [2.45, 2.75) is 38.1 Å². The Balaban J connectivity index is 2.07. The molecule has 1 fully saturated rings. The Kier molecular flexibility index (Phi) is 4.47. The number of hydrogen-bond donors (Lipinski definition) is 2. The SMILES string of the molecule is CC1CCC(CBr)(NC(=O)c2ccc([N+](=O)[O-])[nH]2)CC1. The van der Waals surface area contributed by atoms with Gasteiger partial charge in [-0.05, 0) is 42.6 Å². The molecule has 1 aromatic heterocycles. The fraction of sp³-hybridized carbons (Fsp3) is 0.615. The number of hydrogen-bond acceptors (Lipinski definition) is 3. The van der Waals surface area contributed by atoms with Crippen molar-refractivity contribution in [3.63, 3.8) is 0 Å². The highest BCUT2D eigenvalue weighted by atomic mass is 79.9. The van der Waals surface area contributed by atoms with E-state index in [0.29, 0.717) is 11.2 Å². The molecule has 2 rings (SSSR count). The summed E-state index contributed by atoms with van der Waals surface area (Å²) in [4.78, 5) is 24.8. The van der Waals surface area contributed by atoms with E-state index in [1.807, 2.05) is 0 Å². The molecule has 7 heteroatoms. The Bertz CT molecular complexity index is 507. The van der Waals surface area contributed by atoms with Crippen LogP contribution in [0.2, 0.25) is 0 Å². The summed E-state index contributed by atoms with van der Waals surface area (Å²) in [6.07, 6.45) is 4.01. The van der Waals surface area contributed by atoms with Gasteiger partial charge in [-0.25, -0.2) is 4.98 Å². The number of nitrogens with one attached hydrogen (secondary N) is 2. The van der Waals surface area contributed by atoms with Crippen LogP contribution in [0.1, 0.15) is 43.1 Å². The largest absolute Gasteiger partial charge is 0.358 e. The van der Waals surface area contributed by atoms with E-state index in [1.165, 1.54) is 12.1 Å². The number of aromatic nitrogens is 1. The number of aromatic amines is 1. The summed E-state index contributed by atoms with van der Waals surface area (Å²) >= 11 is 3.48. The molecule has 0 spiro atoms. The highest BCUT2D eigenvalue weighted by molar-refractivity contribution is 9.09. The molecule has 110 valence electrons. The molecule has 1 aliphatic rings. The first-order chi connectivity index (χ1) is 9.46. The lowest BCUT2D eigenvalue weighted by atomic mass is 9.78. The van der Waals surface area contributed by atoms with Crippen LogP contribution in [0.4, 0.5) is 5.82 Å². The second-order valence-corrected chi connectivity index (χ2v) is 6.13. The minimum atomic E-state index is -0.542. The third-order valence-corrected chi connectivity index (χ3v) is 5.05. The Morgan fingerprint density at radius 3 is 2.70 bits per heavy atom. The first-order valence-corrected chi connectivity index (χ1v) is 7.80. The van der Waals surface area contributed by atoms with Crippen LogP contribution in [0.25, 0.3) is 0 Å². The minimum Gasteiger partial charge on any atom is -0.358 e. The summed E-state index contributed by atoms with van der Waals surface area (Å²) in [5.41, 5.74) is -0.0145. The van der Waals surface area contributed by atoms with Crippen molar-refractivity contribution in [3.05, 3.63) is 27.9 Å². The van der Waals surface area contributed by atoms with Gasteiger partial charge in [-0.2, -0.15) is 0 Å². The van der Waals surface area contributed by atoms with E-state index >= 15 is 0 Å². The third kappa shape index (κ3) is 3.20. The van der Waals surface area contributed by atoms with Crippen LogP contribution in [0.5, 0.6) is 0 Å². The quantitative estimate of drug-likeness (QED) is 0.500. The van der Waals surface area contributed by atoms with Crippen LogP contribution < -0.4 is 5.32 Å².